The maximum Gasteiger partial charge on any atom is 1.00 e. The van der Waals surface area contributed by atoms with Crippen molar-refractivity contribution in [3.05, 3.63) is 36.2 Å². The molecular formula is C34H66BrCs2N8O14P3. The molecule has 22 nitrogen and oxygen atoms in total. The predicted octanol–water partition coefficient (Wildman–Crippen LogP) is -2.38. The van der Waals surface area contributed by atoms with Crippen molar-refractivity contribution in [2.24, 2.45) is 10.7 Å². The van der Waals surface area contributed by atoms with Gasteiger partial charge in [0, 0.05) is 56.9 Å². The van der Waals surface area contributed by atoms with E-state index in [2.05, 4.69) is 46.6 Å². The number of hydrogen-bond donors (Lipinski definition) is 5. The Morgan fingerprint density at radius 1 is 0.887 bits per heavy atom. The number of alkyl carbamates (subject to hydrolysis) is 2. The van der Waals surface area contributed by atoms with Crippen molar-refractivity contribution in [1.29, 1.82) is 0 Å². The van der Waals surface area contributed by atoms with Crippen LogP contribution in [0.2, 0.25) is 0 Å². The molecule has 2 aromatic heterocycles. The van der Waals surface area contributed by atoms with Crippen LogP contribution in [0.25, 0.3) is 0 Å². The van der Waals surface area contributed by atoms with Crippen LogP contribution in [0.5, 0.6) is 0 Å². The zero-order chi connectivity index (χ0) is 45.9. The largest absolute Gasteiger partial charge is 1.00 e. The Balaban J connectivity index is -0.000000170. The third kappa shape index (κ3) is 37.9. The molecule has 3 rings (SSSR count). The first-order chi connectivity index (χ1) is 27.2. The van der Waals surface area contributed by atoms with E-state index >= 15 is 0 Å². The molecule has 6 N–H and O–H groups in total. The van der Waals surface area contributed by atoms with Gasteiger partial charge in [0.05, 0.1) is 55.9 Å². The van der Waals surface area contributed by atoms with Crippen LogP contribution in [0, 0.1) is 0 Å². The number of ether oxygens (including phenoxy) is 2. The summed E-state index contributed by atoms with van der Waals surface area (Å²) in [4.78, 5) is 54.9. The molecule has 350 valence electrons. The van der Waals surface area contributed by atoms with E-state index in [0.29, 0.717) is 57.8 Å². The van der Waals surface area contributed by atoms with E-state index in [0.717, 1.165) is 16.8 Å². The number of allylic oxidation sites excluding steroid dienone is 1. The average molecular weight is 1250 g/mol. The molecule has 2 amide bonds. The molecule has 2 atom stereocenters. The number of halogens is 1. The first-order valence-electron chi connectivity index (χ1n) is 17.9. The summed E-state index contributed by atoms with van der Waals surface area (Å²) in [6.07, 6.45) is 8.30. The van der Waals surface area contributed by atoms with Crippen LogP contribution in [0.1, 0.15) is 64.2 Å². The fraction of sp³-hybridized carbons (Fsp3) is 0.647. The Morgan fingerprint density at radius 2 is 1.32 bits per heavy atom. The molecule has 2 unspecified atom stereocenters. The Hall–Kier alpha value is 0.874. The second kappa shape index (κ2) is 37.8. The van der Waals surface area contributed by atoms with Gasteiger partial charge in [-0.2, -0.15) is 10.2 Å². The Morgan fingerprint density at radius 3 is 1.69 bits per heavy atom. The molecule has 3 heterocycles. The fourth-order valence-electron chi connectivity index (χ4n) is 3.75. The number of amides is 2. The number of aliphatic imine (C=N–C) groups is 1. The molecule has 0 bridgehead atoms. The number of carbonyl (C=O) groups excluding carboxylic acids is 3. The van der Waals surface area contributed by atoms with Crippen LogP contribution in [0.4, 0.5) is 9.59 Å². The van der Waals surface area contributed by atoms with E-state index < -0.39 is 39.6 Å². The summed E-state index contributed by atoms with van der Waals surface area (Å²) in [6, 6.07) is 0. The van der Waals surface area contributed by atoms with Crippen molar-refractivity contribution < 1.29 is 206 Å². The normalized spacial score (nSPS) is 13.3. The number of alkyl halides is 1. The first kappa shape index (κ1) is 71.9. The summed E-state index contributed by atoms with van der Waals surface area (Å²) in [5.41, 5.74) is 4.30. The quantitative estimate of drug-likeness (QED) is 0.0409. The molecule has 0 spiro atoms. The number of nitrogens with zero attached hydrogens (tertiary/aromatic N) is 5. The van der Waals surface area contributed by atoms with Crippen LogP contribution in [0.3, 0.4) is 0 Å². The van der Waals surface area contributed by atoms with Crippen LogP contribution < -0.4 is 170 Å². The number of nitrogens with two attached hydrogens (primary N) is 1. The molecule has 1 aliphatic heterocycles. The Labute approximate surface area is 493 Å². The van der Waals surface area contributed by atoms with Crippen LogP contribution in [-0.2, 0) is 55.0 Å². The molecule has 28 heteroatoms. The minimum Gasteiger partial charge on any atom is -1.00 e. The van der Waals surface area contributed by atoms with Crippen LogP contribution in [-0.4, -0.2) is 123 Å². The van der Waals surface area contributed by atoms with Crippen molar-refractivity contribution in [2.45, 2.75) is 87.1 Å². The van der Waals surface area contributed by atoms with Gasteiger partial charge in [-0.05, 0) is 61.5 Å². The molecule has 0 radical (unpaired) electrons. The summed E-state index contributed by atoms with van der Waals surface area (Å²) < 4.78 is 57.9. The predicted molar refractivity (Wildman–Crippen MR) is 234 cm³/mol. The zero-order valence-electron chi connectivity index (χ0n) is 38.2. The molecular weight excluding hydrogens is 1180 g/mol. The molecule has 2 aromatic rings. The fourth-order valence-corrected chi connectivity index (χ4v) is 7.03. The van der Waals surface area contributed by atoms with Gasteiger partial charge in [0.15, 0.2) is 0 Å². The van der Waals surface area contributed by atoms with Crippen LogP contribution >= 0.6 is 38.3 Å². The molecule has 0 saturated carbocycles. The van der Waals surface area contributed by atoms with Crippen LogP contribution in [0.15, 0.2) is 41.2 Å². The monoisotopic (exact) mass is 1250 g/mol. The minimum absolute atomic E-state index is 0. The number of rotatable bonds is 15. The zero-order valence-corrected chi connectivity index (χ0v) is 54.1. The van der Waals surface area contributed by atoms with Gasteiger partial charge in [-0.25, -0.2) is 9.59 Å². The van der Waals surface area contributed by atoms with E-state index in [-0.39, 0.29) is 165 Å². The average Bonchev–Trinajstić information content (AvgIpc) is 3.90. The van der Waals surface area contributed by atoms with Gasteiger partial charge in [0.1, 0.15) is 16.5 Å². The molecule has 0 saturated heterocycles. The molecule has 62 heavy (non-hydrogen) atoms. The van der Waals surface area contributed by atoms with Gasteiger partial charge in [-0.1, -0.05) is 23.4 Å². The summed E-state index contributed by atoms with van der Waals surface area (Å²) >= 11 is 3.19. The van der Waals surface area contributed by atoms with Crippen molar-refractivity contribution in [3.8, 4) is 0 Å². The summed E-state index contributed by atoms with van der Waals surface area (Å²) in [5, 5.41) is 23.5. The van der Waals surface area contributed by atoms with E-state index in [1.165, 1.54) is 17.1 Å². The van der Waals surface area contributed by atoms with E-state index in [1.54, 1.807) is 58.1 Å². The van der Waals surface area contributed by atoms with Crippen molar-refractivity contribution in [2.75, 3.05) is 58.1 Å². The van der Waals surface area contributed by atoms with E-state index in [1.807, 2.05) is 33.8 Å². The van der Waals surface area contributed by atoms with Gasteiger partial charge >= 0.3 is 158 Å². The van der Waals surface area contributed by atoms with Crippen molar-refractivity contribution >= 4 is 73.7 Å². The van der Waals surface area contributed by atoms with E-state index in [4.69, 9.17) is 44.1 Å². The van der Waals surface area contributed by atoms with Gasteiger partial charge in [0.25, 0.3) is 6.47 Å². The number of nitrogens with one attached hydrogen (secondary N) is 2. The van der Waals surface area contributed by atoms with Gasteiger partial charge in [-0.15, -0.1) is 0 Å². The molecule has 0 aliphatic carbocycles. The summed E-state index contributed by atoms with van der Waals surface area (Å²) in [7, 11) is -9.47. The molecule has 0 aromatic carbocycles. The van der Waals surface area contributed by atoms with Crippen molar-refractivity contribution in [1.82, 2.24) is 30.2 Å². The molecule has 1 aliphatic rings. The number of hydrogen-bond acceptors (Lipinski definition) is 16. The van der Waals surface area contributed by atoms with E-state index in [9.17, 15) is 23.3 Å². The molecule has 0 fully saturated rings. The standard InChI is InChI=1S/C13H24N3O4P.C7H14BrNO2.C7H12NO2P.C5H10N3O3P.CH2O3.CH4.2Cs.H/c1-6-19-21(5,18)11-9-15-16(10-11)8-7-14-12(17)20-13(2,3)4;1-7(2,3)11-6(10)9-5-4-8;1-3-10-11(2,9)7-4-5-8-6-7;6-1-2-8-4-5(3-7-8)12(9,10)11;2-1-4-3;;;;/h9-10H,6-8H2,1-5H3,(H,14,17);4-5H2,1-3H3,(H,9,10);4,6H,3,5H2,1-2H3;3-4H,1-2,6H2,(H2,9,10,11);1,3H;1H4;;;/q;;;;;;2*+1;-1/p-1. The van der Waals surface area contributed by atoms with Crippen molar-refractivity contribution in [3.63, 3.8) is 0 Å². The number of carbonyl (C=O) groups is 3. The summed E-state index contributed by atoms with van der Waals surface area (Å²) in [6.45, 7) is 21.4. The first-order valence-corrected chi connectivity index (χ1v) is 24.8. The minimum atomic E-state index is -4.15. The summed E-state index contributed by atoms with van der Waals surface area (Å²) in [5.74, 6) is 0. The second-order valence-corrected chi connectivity index (χ2v) is 21.0. The topological polar surface area (TPSA) is 310 Å². The maximum atomic E-state index is 12.2. The SMILES string of the molecule is C.CC(C)(C)OC(=O)NCCBr.CCOP(C)(=O)C1=CCN=C1.CCOP(C)(=O)c1cnn(CCNC(=O)OC(C)(C)C)c1.NCCn1cc(P(=O)(O)O)cn1.O=CO[O-].[Cs+].[Cs+].[H-]. The Kier molecular flexibility index (Phi) is 43.8. The van der Waals surface area contributed by atoms with Gasteiger partial charge < -0.3 is 56.2 Å². The third-order valence-electron chi connectivity index (χ3n) is 6.06. The Bertz CT molecular complexity index is 1760. The third-order valence-corrected chi connectivity index (χ3v) is 11.3. The van der Waals surface area contributed by atoms with Gasteiger partial charge in [-0.3, -0.25) is 32.8 Å². The second-order valence-electron chi connectivity index (χ2n) is 13.6. The number of aromatic nitrogens is 4. The smallest absolute Gasteiger partial charge is 1.00 e. The van der Waals surface area contributed by atoms with Gasteiger partial charge in [0.2, 0.25) is 14.7 Å². The maximum absolute atomic E-state index is 12.2.